The van der Waals surface area contributed by atoms with Crippen LogP contribution in [0.15, 0.2) is 18.2 Å². The van der Waals surface area contributed by atoms with Crippen LogP contribution in [0.4, 0.5) is 11.4 Å². The highest BCUT2D eigenvalue weighted by Crippen LogP contribution is 2.28. The van der Waals surface area contributed by atoms with Gasteiger partial charge in [0.25, 0.3) is 5.69 Å². The summed E-state index contributed by atoms with van der Waals surface area (Å²) in [7, 11) is 1.26. The highest BCUT2D eigenvalue weighted by atomic mass is 16.6. The Morgan fingerprint density at radius 2 is 2.00 bits per heavy atom. The van der Waals surface area contributed by atoms with E-state index in [9.17, 15) is 14.9 Å². The molecule has 0 N–H and O–H groups in total. The Balaban J connectivity index is 2.42. The van der Waals surface area contributed by atoms with Crippen molar-refractivity contribution >= 4 is 17.3 Å². The minimum atomic E-state index is -0.583. The minimum Gasteiger partial charge on any atom is -0.465 e. The van der Waals surface area contributed by atoms with Crippen molar-refractivity contribution < 1.29 is 19.2 Å². The lowest BCUT2D eigenvalue weighted by Gasteiger charge is -2.37. The molecule has 7 heteroatoms. The van der Waals surface area contributed by atoms with Gasteiger partial charge in [0, 0.05) is 25.2 Å². The van der Waals surface area contributed by atoms with E-state index >= 15 is 0 Å². The van der Waals surface area contributed by atoms with Crippen LogP contribution in [0.1, 0.15) is 24.2 Å². The number of non-ortho nitro benzene ring substituents is 1. The normalized spacial score (nSPS) is 22.0. The molecule has 114 valence electrons. The smallest absolute Gasteiger partial charge is 0.340 e. The molecule has 0 saturated carbocycles. The highest BCUT2D eigenvalue weighted by molar-refractivity contribution is 5.96. The van der Waals surface area contributed by atoms with Crippen LogP contribution >= 0.6 is 0 Å². The molecule has 21 heavy (non-hydrogen) atoms. The van der Waals surface area contributed by atoms with Crippen molar-refractivity contribution in [3.8, 4) is 0 Å². The second-order valence-corrected chi connectivity index (χ2v) is 5.11. The first kappa shape index (κ1) is 15.2. The fourth-order valence-corrected chi connectivity index (χ4v) is 2.56. The SMILES string of the molecule is COC(=O)c1cc([N+](=O)[O-])ccc1N1CC(C)OC(C)C1. The van der Waals surface area contributed by atoms with Crippen LogP contribution < -0.4 is 4.90 Å². The van der Waals surface area contributed by atoms with Crippen LogP contribution in [0.25, 0.3) is 0 Å². The summed E-state index contributed by atoms with van der Waals surface area (Å²) < 4.78 is 10.4. The van der Waals surface area contributed by atoms with Gasteiger partial charge in [-0.25, -0.2) is 4.79 Å². The molecule has 7 nitrogen and oxygen atoms in total. The number of morpholine rings is 1. The molecule has 2 rings (SSSR count). The van der Waals surface area contributed by atoms with Crippen LogP contribution in [0, 0.1) is 10.1 Å². The van der Waals surface area contributed by atoms with Gasteiger partial charge in [-0.15, -0.1) is 0 Å². The molecule has 1 aliphatic rings. The summed E-state index contributed by atoms with van der Waals surface area (Å²) in [5, 5.41) is 10.9. The van der Waals surface area contributed by atoms with Crippen molar-refractivity contribution in [1.29, 1.82) is 0 Å². The Bertz CT molecular complexity index is 550. The molecule has 1 saturated heterocycles. The summed E-state index contributed by atoms with van der Waals surface area (Å²) in [5.41, 5.74) is 0.705. The van der Waals surface area contributed by atoms with Gasteiger partial charge >= 0.3 is 5.97 Å². The number of hydrogen-bond acceptors (Lipinski definition) is 6. The molecule has 1 aliphatic heterocycles. The molecule has 0 amide bonds. The molecule has 0 bridgehead atoms. The molecule has 0 radical (unpaired) electrons. The van der Waals surface area contributed by atoms with E-state index in [1.54, 1.807) is 6.07 Å². The molecular weight excluding hydrogens is 276 g/mol. The van der Waals surface area contributed by atoms with E-state index in [4.69, 9.17) is 9.47 Å². The van der Waals surface area contributed by atoms with Crippen molar-refractivity contribution in [3.05, 3.63) is 33.9 Å². The van der Waals surface area contributed by atoms with E-state index in [2.05, 4.69) is 0 Å². The average molecular weight is 294 g/mol. The molecule has 1 fully saturated rings. The summed E-state index contributed by atoms with van der Waals surface area (Å²) >= 11 is 0. The molecule has 1 aromatic rings. The van der Waals surface area contributed by atoms with E-state index in [-0.39, 0.29) is 23.5 Å². The number of hydrogen-bond donors (Lipinski definition) is 0. The third-order valence-electron chi connectivity index (χ3n) is 3.36. The first-order valence-corrected chi connectivity index (χ1v) is 6.69. The fourth-order valence-electron chi connectivity index (χ4n) is 2.56. The Kier molecular flexibility index (Phi) is 4.42. The molecular formula is C14H18N2O5. The van der Waals surface area contributed by atoms with Gasteiger partial charge in [0.1, 0.15) is 0 Å². The van der Waals surface area contributed by atoms with Crippen LogP contribution in [0.2, 0.25) is 0 Å². The first-order valence-electron chi connectivity index (χ1n) is 6.69. The quantitative estimate of drug-likeness (QED) is 0.482. The van der Waals surface area contributed by atoms with Crippen molar-refractivity contribution in [3.63, 3.8) is 0 Å². The zero-order valence-electron chi connectivity index (χ0n) is 12.2. The largest absolute Gasteiger partial charge is 0.465 e. The average Bonchev–Trinajstić information content (AvgIpc) is 2.44. The van der Waals surface area contributed by atoms with Gasteiger partial charge in [0.2, 0.25) is 0 Å². The Hall–Kier alpha value is -2.15. The molecule has 0 aliphatic carbocycles. The minimum absolute atomic E-state index is 0.0226. The van der Waals surface area contributed by atoms with Crippen molar-refractivity contribution in [2.75, 3.05) is 25.1 Å². The molecule has 1 heterocycles. The number of carbonyl (C=O) groups excluding carboxylic acids is 1. The Morgan fingerprint density at radius 3 is 2.52 bits per heavy atom. The maximum absolute atomic E-state index is 11.9. The number of carbonyl (C=O) groups is 1. The van der Waals surface area contributed by atoms with Gasteiger partial charge < -0.3 is 14.4 Å². The number of methoxy groups -OCH3 is 1. The molecule has 0 spiro atoms. The van der Waals surface area contributed by atoms with Gasteiger partial charge in [-0.2, -0.15) is 0 Å². The molecule has 1 aromatic carbocycles. The maximum Gasteiger partial charge on any atom is 0.340 e. The summed E-state index contributed by atoms with van der Waals surface area (Å²) in [5.74, 6) is -0.583. The molecule has 2 atom stereocenters. The number of benzene rings is 1. The topological polar surface area (TPSA) is 81.9 Å². The zero-order chi connectivity index (χ0) is 15.6. The van der Waals surface area contributed by atoms with Crippen LogP contribution in [0.5, 0.6) is 0 Å². The predicted molar refractivity (Wildman–Crippen MR) is 76.7 cm³/mol. The lowest BCUT2D eigenvalue weighted by atomic mass is 10.1. The van der Waals surface area contributed by atoms with Crippen molar-refractivity contribution in [2.45, 2.75) is 26.1 Å². The zero-order valence-corrected chi connectivity index (χ0v) is 12.2. The van der Waals surface area contributed by atoms with Gasteiger partial charge in [-0.3, -0.25) is 10.1 Å². The summed E-state index contributed by atoms with van der Waals surface area (Å²) in [6.07, 6.45) is 0.0453. The van der Waals surface area contributed by atoms with E-state index in [0.717, 1.165) is 0 Å². The standard InChI is InChI=1S/C14H18N2O5/c1-9-7-15(8-10(2)21-9)13-5-4-11(16(18)19)6-12(13)14(17)20-3/h4-6,9-10H,7-8H2,1-3H3. The lowest BCUT2D eigenvalue weighted by Crippen LogP contribution is -2.46. The molecule has 0 aromatic heterocycles. The number of rotatable bonds is 3. The maximum atomic E-state index is 11.9. The number of anilines is 1. The third-order valence-corrected chi connectivity index (χ3v) is 3.36. The molecule has 2 unspecified atom stereocenters. The Morgan fingerprint density at radius 1 is 1.38 bits per heavy atom. The van der Waals surface area contributed by atoms with E-state index in [1.165, 1.54) is 19.2 Å². The number of nitro groups is 1. The summed E-state index contributed by atoms with van der Waals surface area (Å²) in [6.45, 7) is 5.13. The summed E-state index contributed by atoms with van der Waals surface area (Å²) in [6, 6.07) is 4.24. The Labute approximate surface area is 122 Å². The first-order chi connectivity index (χ1) is 9.92. The third kappa shape index (κ3) is 3.30. The van der Waals surface area contributed by atoms with E-state index < -0.39 is 10.9 Å². The van der Waals surface area contributed by atoms with Gasteiger partial charge in [0.15, 0.2) is 0 Å². The highest BCUT2D eigenvalue weighted by Gasteiger charge is 2.27. The number of nitro benzene ring substituents is 1. The fraction of sp³-hybridized carbons (Fsp3) is 0.500. The number of esters is 1. The van der Waals surface area contributed by atoms with Crippen LogP contribution in [0.3, 0.4) is 0 Å². The number of ether oxygens (including phenoxy) is 2. The van der Waals surface area contributed by atoms with Crippen molar-refractivity contribution in [2.24, 2.45) is 0 Å². The van der Waals surface area contributed by atoms with Crippen LogP contribution in [-0.4, -0.2) is 43.3 Å². The number of nitrogens with zero attached hydrogens (tertiary/aromatic N) is 2. The predicted octanol–water partition coefficient (Wildman–Crippen LogP) is 2.00. The van der Waals surface area contributed by atoms with Gasteiger partial charge in [0.05, 0.1) is 35.5 Å². The summed E-state index contributed by atoms with van der Waals surface area (Å²) in [4.78, 5) is 24.3. The van der Waals surface area contributed by atoms with Gasteiger partial charge in [-0.05, 0) is 19.9 Å². The van der Waals surface area contributed by atoms with E-state index in [1.807, 2.05) is 18.7 Å². The van der Waals surface area contributed by atoms with E-state index in [0.29, 0.717) is 18.8 Å². The monoisotopic (exact) mass is 294 g/mol. The van der Waals surface area contributed by atoms with Crippen molar-refractivity contribution in [1.82, 2.24) is 0 Å². The lowest BCUT2D eigenvalue weighted by molar-refractivity contribution is -0.384. The van der Waals surface area contributed by atoms with Gasteiger partial charge in [-0.1, -0.05) is 0 Å². The van der Waals surface area contributed by atoms with Crippen LogP contribution in [-0.2, 0) is 9.47 Å². The second-order valence-electron chi connectivity index (χ2n) is 5.11. The second kappa shape index (κ2) is 6.09.